The Morgan fingerprint density at radius 1 is 1.20 bits per heavy atom. The van der Waals surface area contributed by atoms with E-state index in [0.29, 0.717) is 23.6 Å². The van der Waals surface area contributed by atoms with E-state index in [1.165, 1.54) is 0 Å². The zero-order chi connectivity index (χ0) is 17.5. The van der Waals surface area contributed by atoms with Gasteiger partial charge in [0.15, 0.2) is 0 Å². The van der Waals surface area contributed by atoms with Crippen molar-refractivity contribution < 1.29 is 9.59 Å². The smallest absolute Gasteiger partial charge is 0.253 e. The fraction of sp³-hybridized carbons (Fsp3) is 0.579. The summed E-state index contributed by atoms with van der Waals surface area (Å²) in [5.74, 6) is 2.75. The molecule has 0 radical (unpaired) electrons. The molecule has 2 fully saturated rings. The highest BCUT2D eigenvalue weighted by atomic mass is 32.2. The average molecular weight is 362 g/mol. The van der Waals surface area contributed by atoms with Crippen LogP contribution in [0.15, 0.2) is 24.3 Å². The summed E-state index contributed by atoms with van der Waals surface area (Å²) in [6, 6.07) is 7.32. The third kappa shape index (κ3) is 5.47. The summed E-state index contributed by atoms with van der Waals surface area (Å²) in [6.45, 7) is 3.73. The number of rotatable bonds is 5. The van der Waals surface area contributed by atoms with E-state index in [4.69, 9.17) is 0 Å². The molecule has 3 rings (SSSR count). The van der Waals surface area contributed by atoms with Gasteiger partial charge < -0.3 is 15.5 Å². The van der Waals surface area contributed by atoms with Crippen LogP contribution in [0.1, 0.15) is 36.0 Å². The molecule has 2 aliphatic rings. The summed E-state index contributed by atoms with van der Waals surface area (Å²) in [4.78, 5) is 26.7. The van der Waals surface area contributed by atoms with Crippen LogP contribution in [-0.2, 0) is 4.79 Å². The van der Waals surface area contributed by atoms with E-state index in [1.54, 1.807) is 6.07 Å². The number of amides is 2. The Labute approximate surface area is 153 Å². The van der Waals surface area contributed by atoms with Crippen molar-refractivity contribution >= 4 is 29.3 Å². The molecule has 0 aromatic heterocycles. The molecule has 0 bridgehead atoms. The number of piperidine rings is 1. The molecule has 2 N–H and O–H groups in total. The number of carbonyl (C=O) groups excluding carboxylic acids is 2. The lowest BCUT2D eigenvalue weighted by Gasteiger charge is -2.26. The second kappa shape index (κ2) is 9.25. The van der Waals surface area contributed by atoms with Crippen LogP contribution in [0.25, 0.3) is 0 Å². The molecule has 1 aromatic carbocycles. The molecule has 2 amide bonds. The fourth-order valence-corrected chi connectivity index (χ4v) is 4.31. The monoisotopic (exact) mass is 361 g/mol. The van der Waals surface area contributed by atoms with Crippen LogP contribution >= 0.6 is 11.8 Å². The lowest BCUT2D eigenvalue weighted by atomic mass is 9.93. The van der Waals surface area contributed by atoms with Crippen LogP contribution in [0.3, 0.4) is 0 Å². The molecule has 0 spiro atoms. The van der Waals surface area contributed by atoms with Gasteiger partial charge in [-0.25, -0.2) is 0 Å². The molecule has 0 saturated carbocycles. The van der Waals surface area contributed by atoms with Gasteiger partial charge in [0.05, 0.1) is 0 Å². The fourth-order valence-electron chi connectivity index (χ4n) is 3.41. The van der Waals surface area contributed by atoms with Crippen molar-refractivity contribution in [2.24, 2.45) is 5.92 Å². The number of anilines is 1. The van der Waals surface area contributed by atoms with Crippen LogP contribution in [0.2, 0.25) is 0 Å². The summed E-state index contributed by atoms with van der Waals surface area (Å²) >= 11 is 1.89. The Hall–Kier alpha value is -1.53. The van der Waals surface area contributed by atoms with Crippen LogP contribution in [0.5, 0.6) is 0 Å². The summed E-state index contributed by atoms with van der Waals surface area (Å²) in [7, 11) is 0. The molecular weight excluding hydrogens is 334 g/mol. The lowest BCUT2D eigenvalue weighted by Crippen LogP contribution is -2.37. The van der Waals surface area contributed by atoms with Gasteiger partial charge in [0.1, 0.15) is 0 Å². The highest BCUT2D eigenvalue weighted by molar-refractivity contribution is 7.99. The molecule has 0 unspecified atom stereocenters. The maximum atomic E-state index is 12.6. The van der Waals surface area contributed by atoms with Gasteiger partial charge in [0.2, 0.25) is 5.91 Å². The van der Waals surface area contributed by atoms with Gasteiger partial charge in [0.25, 0.3) is 5.91 Å². The van der Waals surface area contributed by atoms with Crippen molar-refractivity contribution in [2.75, 3.05) is 43.0 Å². The van der Waals surface area contributed by atoms with Gasteiger partial charge in [0, 0.05) is 42.3 Å². The Bertz CT molecular complexity index is 596. The van der Waals surface area contributed by atoms with Crippen molar-refractivity contribution in [3.63, 3.8) is 0 Å². The third-order valence-electron chi connectivity index (χ3n) is 4.93. The van der Waals surface area contributed by atoms with Crippen LogP contribution < -0.4 is 10.6 Å². The molecule has 2 heterocycles. The normalized spacial score (nSPS) is 18.8. The minimum absolute atomic E-state index is 0.0394. The Balaban J connectivity index is 1.51. The molecule has 1 aromatic rings. The second-order valence-corrected chi connectivity index (χ2v) is 7.99. The molecular formula is C19H27N3O2S. The molecule has 2 aliphatic heterocycles. The number of nitrogens with zero attached hydrogens (tertiary/aromatic N) is 1. The molecule has 5 nitrogen and oxygen atoms in total. The van der Waals surface area contributed by atoms with Gasteiger partial charge in [-0.1, -0.05) is 6.07 Å². The summed E-state index contributed by atoms with van der Waals surface area (Å²) in [6.07, 6.45) is 3.81. The first-order valence-electron chi connectivity index (χ1n) is 9.20. The maximum Gasteiger partial charge on any atom is 0.253 e. The van der Waals surface area contributed by atoms with Gasteiger partial charge >= 0.3 is 0 Å². The Kier molecular flexibility index (Phi) is 6.76. The van der Waals surface area contributed by atoms with Crippen LogP contribution in [0, 0.1) is 5.92 Å². The van der Waals surface area contributed by atoms with E-state index >= 15 is 0 Å². The minimum atomic E-state index is 0.0394. The molecule has 2 saturated heterocycles. The van der Waals surface area contributed by atoms with Crippen molar-refractivity contribution in [3.05, 3.63) is 29.8 Å². The van der Waals surface area contributed by atoms with Crippen molar-refractivity contribution in [1.82, 2.24) is 10.2 Å². The van der Waals surface area contributed by atoms with Crippen molar-refractivity contribution in [3.8, 4) is 0 Å². The summed E-state index contributed by atoms with van der Waals surface area (Å²) < 4.78 is 0. The number of thioether (sulfide) groups is 1. The molecule has 6 heteroatoms. The zero-order valence-corrected chi connectivity index (χ0v) is 15.4. The van der Waals surface area contributed by atoms with Gasteiger partial charge in [-0.15, -0.1) is 0 Å². The predicted octanol–water partition coefficient (Wildman–Crippen LogP) is 2.59. The number of hydrogen-bond donors (Lipinski definition) is 2. The van der Waals surface area contributed by atoms with Gasteiger partial charge in [-0.05, 0) is 56.5 Å². The zero-order valence-electron chi connectivity index (χ0n) is 14.6. The first kappa shape index (κ1) is 18.3. The Morgan fingerprint density at radius 2 is 1.96 bits per heavy atom. The first-order chi connectivity index (χ1) is 12.2. The summed E-state index contributed by atoms with van der Waals surface area (Å²) in [5.41, 5.74) is 1.37. The SMILES string of the molecule is O=C(CCC1CCNCC1)Nc1cccc(C(=O)N2CCSCC2)c1. The minimum Gasteiger partial charge on any atom is -0.337 e. The van der Waals surface area contributed by atoms with Gasteiger partial charge in [-0.3, -0.25) is 9.59 Å². The highest BCUT2D eigenvalue weighted by Gasteiger charge is 2.19. The molecule has 0 aliphatic carbocycles. The number of carbonyl (C=O) groups is 2. The van der Waals surface area contributed by atoms with E-state index < -0.39 is 0 Å². The largest absolute Gasteiger partial charge is 0.337 e. The van der Waals surface area contributed by atoms with Crippen molar-refractivity contribution in [2.45, 2.75) is 25.7 Å². The molecule has 136 valence electrons. The molecule has 25 heavy (non-hydrogen) atoms. The highest BCUT2D eigenvalue weighted by Crippen LogP contribution is 2.19. The van der Waals surface area contributed by atoms with E-state index in [2.05, 4.69) is 10.6 Å². The number of hydrogen-bond acceptors (Lipinski definition) is 4. The quantitative estimate of drug-likeness (QED) is 0.846. The number of benzene rings is 1. The second-order valence-electron chi connectivity index (χ2n) is 6.77. The number of nitrogens with one attached hydrogen (secondary N) is 2. The average Bonchev–Trinajstić information content (AvgIpc) is 2.67. The van der Waals surface area contributed by atoms with E-state index in [-0.39, 0.29) is 11.8 Å². The van der Waals surface area contributed by atoms with Crippen LogP contribution in [-0.4, -0.2) is 54.4 Å². The summed E-state index contributed by atoms with van der Waals surface area (Å²) in [5, 5.41) is 6.30. The van der Waals surface area contributed by atoms with Gasteiger partial charge in [-0.2, -0.15) is 11.8 Å². The maximum absolute atomic E-state index is 12.6. The standard InChI is InChI=1S/C19H27N3O2S/c23-18(5-4-15-6-8-20-9-7-15)21-17-3-1-2-16(14-17)19(24)22-10-12-25-13-11-22/h1-3,14-15,20H,4-13H2,(H,21,23). The lowest BCUT2D eigenvalue weighted by molar-refractivity contribution is -0.116. The molecule has 0 atom stereocenters. The predicted molar refractivity (Wildman–Crippen MR) is 103 cm³/mol. The van der Waals surface area contributed by atoms with Crippen molar-refractivity contribution in [1.29, 1.82) is 0 Å². The van der Waals surface area contributed by atoms with E-state index in [1.807, 2.05) is 34.9 Å². The third-order valence-corrected chi connectivity index (χ3v) is 5.87. The first-order valence-corrected chi connectivity index (χ1v) is 10.4. The topological polar surface area (TPSA) is 61.4 Å². The Morgan fingerprint density at radius 3 is 2.72 bits per heavy atom. The van der Waals surface area contributed by atoms with E-state index in [0.717, 1.165) is 56.9 Å². The van der Waals surface area contributed by atoms with Crippen LogP contribution in [0.4, 0.5) is 5.69 Å². The van der Waals surface area contributed by atoms with E-state index in [9.17, 15) is 9.59 Å².